The highest BCUT2D eigenvalue weighted by atomic mass is 35.5. The lowest BCUT2D eigenvalue weighted by atomic mass is 10.3. The Bertz CT molecular complexity index is 1100. The number of amides is 1. The summed E-state index contributed by atoms with van der Waals surface area (Å²) in [6, 6.07) is 1.11. The topological polar surface area (TPSA) is 107 Å². The Morgan fingerprint density at radius 2 is 2.03 bits per heavy atom. The van der Waals surface area contributed by atoms with Crippen LogP contribution in [0.15, 0.2) is 29.8 Å². The molecule has 0 aliphatic carbocycles. The van der Waals surface area contributed by atoms with Gasteiger partial charge in [-0.15, -0.1) is 0 Å². The van der Waals surface area contributed by atoms with E-state index in [1.165, 1.54) is 19.3 Å². The Morgan fingerprint density at radius 3 is 2.59 bits per heavy atom. The van der Waals surface area contributed by atoms with Crippen LogP contribution in [-0.4, -0.2) is 66.1 Å². The molecule has 0 bridgehead atoms. The first-order valence-electron chi connectivity index (χ1n) is 8.92. The minimum Gasteiger partial charge on any atom is -0.399 e. The van der Waals surface area contributed by atoms with Gasteiger partial charge >= 0.3 is 6.18 Å². The summed E-state index contributed by atoms with van der Waals surface area (Å²) in [5.74, 6) is -3.91. The van der Waals surface area contributed by atoms with E-state index in [9.17, 15) is 30.8 Å². The number of halogens is 5. The van der Waals surface area contributed by atoms with Gasteiger partial charge in [-0.2, -0.15) is 18.3 Å². The average molecular weight is 500 g/mol. The third-order valence-corrected chi connectivity index (χ3v) is 5.77. The summed E-state index contributed by atoms with van der Waals surface area (Å²) < 4.78 is 76.0. The maximum Gasteiger partial charge on any atom is 0.390 e. The monoisotopic (exact) mass is 499 g/mol. The number of carbonyl (C=O) groups is 1. The van der Waals surface area contributed by atoms with Crippen LogP contribution in [0, 0.1) is 5.82 Å². The molecular formula is C17H18ClF4N5O4S. The molecule has 32 heavy (non-hydrogen) atoms. The van der Waals surface area contributed by atoms with Crippen LogP contribution in [0.5, 0.6) is 0 Å². The quantitative estimate of drug-likeness (QED) is 0.298. The molecule has 0 saturated carbocycles. The Hall–Kier alpha value is -2.74. The molecule has 0 saturated heterocycles. The van der Waals surface area contributed by atoms with Gasteiger partial charge in [-0.25, -0.2) is 17.5 Å². The normalized spacial score (nSPS) is 12.7. The molecule has 2 aromatic heterocycles. The van der Waals surface area contributed by atoms with Gasteiger partial charge in [0.1, 0.15) is 24.4 Å². The molecule has 0 aliphatic rings. The fourth-order valence-corrected chi connectivity index (χ4v) is 4.06. The van der Waals surface area contributed by atoms with Crippen LogP contribution < -0.4 is 4.90 Å². The van der Waals surface area contributed by atoms with Gasteiger partial charge < -0.3 is 9.74 Å². The Balaban J connectivity index is 2.32. The lowest BCUT2D eigenvalue weighted by Crippen LogP contribution is -2.40. The number of carbonyl (C=O) groups excluding carboxylic acids is 1. The van der Waals surface area contributed by atoms with Crippen molar-refractivity contribution in [2.24, 2.45) is 5.16 Å². The average Bonchev–Trinajstić information content (AvgIpc) is 3.08. The maximum absolute atomic E-state index is 13.4. The minimum atomic E-state index is -4.68. The number of rotatable bonds is 9. The van der Waals surface area contributed by atoms with Crippen LogP contribution in [0.3, 0.4) is 0 Å². The molecule has 0 unspecified atom stereocenters. The van der Waals surface area contributed by atoms with E-state index in [1.54, 1.807) is 0 Å². The molecule has 0 atom stereocenters. The van der Waals surface area contributed by atoms with Gasteiger partial charge in [0.15, 0.2) is 20.7 Å². The second kappa shape index (κ2) is 10.3. The molecule has 0 aromatic carbocycles. The molecule has 0 aliphatic heterocycles. The predicted molar refractivity (Wildman–Crippen MR) is 108 cm³/mol. The zero-order chi connectivity index (χ0) is 24.1. The van der Waals surface area contributed by atoms with Gasteiger partial charge in [0, 0.05) is 12.6 Å². The number of anilines is 1. The molecule has 176 valence electrons. The number of oxime groups is 1. The Labute approximate surface area is 185 Å². The molecular weight excluding hydrogens is 482 g/mol. The second-order valence-electron chi connectivity index (χ2n) is 6.34. The zero-order valence-corrected chi connectivity index (χ0v) is 18.4. The van der Waals surface area contributed by atoms with E-state index in [1.807, 2.05) is 0 Å². The molecule has 0 radical (unpaired) electrons. The Kier molecular flexibility index (Phi) is 8.18. The van der Waals surface area contributed by atoms with Crippen molar-refractivity contribution < 1.29 is 35.6 Å². The molecule has 9 nitrogen and oxygen atoms in total. The summed E-state index contributed by atoms with van der Waals surface area (Å²) in [7, 11) is -3.29. The minimum absolute atomic E-state index is 0.0277. The third kappa shape index (κ3) is 6.88. The number of sulfone groups is 1. The number of hydrogen-bond donors (Lipinski definition) is 0. The number of alkyl halides is 3. The molecule has 0 spiro atoms. The fraction of sp³-hybridized carbons (Fsp3) is 0.412. The SMILES string of the molecule is CCN(C(=O)C(CS(=O)(=O)CCC(F)(F)F)=NOC)c1cn(-c2cncc(F)c2)nc1Cl. The summed E-state index contributed by atoms with van der Waals surface area (Å²) in [5, 5.41) is 7.19. The zero-order valence-electron chi connectivity index (χ0n) is 16.8. The van der Waals surface area contributed by atoms with E-state index in [2.05, 4.69) is 20.1 Å². The standard InChI is InChI=1S/C17H18ClF4N5O4S/c1-3-26(14-9-27(24-15(14)18)12-6-11(19)7-23-8-12)16(28)13(25-31-2)10-32(29,30)5-4-17(20,21)22/h6-9H,3-5,10H2,1-2H3. The highest BCUT2D eigenvalue weighted by molar-refractivity contribution is 7.92. The van der Waals surface area contributed by atoms with Crippen molar-refractivity contribution >= 4 is 38.7 Å². The van der Waals surface area contributed by atoms with Crippen LogP contribution in [0.2, 0.25) is 5.15 Å². The van der Waals surface area contributed by atoms with Gasteiger partial charge in [-0.05, 0) is 6.92 Å². The van der Waals surface area contributed by atoms with Crippen LogP contribution in [0.25, 0.3) is 5.69 Å². The lowest BCUT2D eigenvalue weighted by Gasteiger charge is -2.20. The van der Waals surface area contributed by atoms with E-state index < -0.39 is 51.4 Å². The molecule has 15 heteroatoms. The summed E-state index contributed by atoms with van der Waals surface area (Å²) >= 11 is 6.11. The maximum atomic E-state index is 13.4. The van der Waals surface area contributed by atoms with Crippen molar-refractivity contribution in [2.45, 2.75) is 19.5 Å². The summed E-state index contributed by atoms with van der Waals surface area (Å²) in [4.78, 5) is 22.2. The second-order valence-corrected chi connectivity index (χ2v) is 8.88. The highest BCUT2D eigenvalue weighted by Crippen LogP contribution is 2.27. The first-order valence-corrected chi connectivity index (χ1v) is 11.1. The summed E-state index contributed by atoms with van der Waals surface area (Å²) in [5.41, 5.74) is -0.421. The van der Waals surface area contributed by atoms with Gasteiger partial charge in [-0.3, -0.25) is 9.78 Å². The Morgan fingerprint density at radius 1 is 1.34 bits per heavy atom. The van der Waals surface area contributed by atoms with Crippen molar-refractivity contribution in [3.8, 4) is 5.69 Å². The van der Waals surface area contributed by atoms with E-state index in [0.717, 1.165) is 29.0 Å². The van der Waals surface area contributed by atoms with Gasteiger partial charge in [-0.1, -0.05) is 16.8 Å². The molecule has 1 amide bonds. The van der Waals surface area contributed by atoms with Crippen molar-refractivity contribution in [3.05, 3.63) is 35.6 Å². The molecule has 2 rings (SSSR count). The van der Waals surface area contributed by atoms with Crippen molar-refractivity contribution in [3.63, 3.8) is 0 Å². The first kappa shape index (κ1) is 25.5. The largest absolute Gasteiger partial charge is 0.399 e. The van der Waals surface area contributed by atoms with Gasteiger partial charge in [0.2, 0.25) is 0 Å². The highest BCUT2D eigenvalue weighted by Gasteiger charge is 2.33. The van der Waals surface area contributed by atoms with Crippen LogP contribution in [0.4, 0.5) is 23.2 Å². The third-order valence-electron chi connectivity index (χ3n) is 3.96. The predicted octanol–water partition coefficient (Wildman–Crippen LogP) is 2.78. The molecule has 2 heterocycles. The van der Waals surface area contributed by atoms with Crippen LogP contribution >= 0.6 is 11.6 Å². The van der Waals surface area contributed by atoms with Gasteiger partial charge in [0.25, 0.3) is 5.91 Å². The van der Waals surface area contributed by atoms with Crippen LogP contribution in [-0.2, 0) is 19.5 Å². The van der Waals surface area contributed by atoms with E-state index >= 15 is 0 Å². The van der Waals surface area contributed by atoms with Crippen molar-refractivity contribution in [1.29, 1.82) is 0 Å². The van der Waals surface area contributed by atoms with Crippen LogP contribution in [0.1, 0.15) is 13.3 Å². The molecule has 0 fully saturated rings. The fourth-order valence-electron chi connectivity index (χ4n) is 2.55. The summed E-state index contributed by atoms with van der Waals surface area (Å²) in [6.07, 6.45) is -2.70. The first-order chi connectivity index (χ1) is 14.9. The number of aromatic nitrogens is 3. The number of hydrogen-bond acceptors (Lipinski definition) is 7. The number of nitrogens with zero attached hydrogens (tertiary/aromatic N) is 5. The van der Waals surface area contributed by atoms with Crippen molar-refractivity contribution in [2.75, 3.05) is 30.1 Å². The van der Waals surface area contributed by atoms with E-state index in [4.69, 9.17) is 11.6 Å². The molecule has 2 aromatic rings. The smallest absolute Gasteiger partial charge is 0.390 e. The summed E-state index contributed by atoms with van der Waals surface area (Å²) in [6.45, 7) is 1.51. The van der Waals surface area contributed by atoms with E-state index in [-0.39, 0.29) is 23.1 Å². The van der Waals surface area contributed by atoms with Gasteiger partial charge in [0.05, 0.1) is 36.5 Å². The lowest BCUT2D eigenvalue weighted by molar-refractivity contribution is -0.129. The van der Waals surface area contributed by atoms with Crippen molar-refractivity contribution in [1.82, 2.24) is 14.8 Å². The number of pyridine rings is 1. The van der Waals surface area contributed by atoms with E-state index in [0.29, 0.717) is 0 Å². The molecule has 0 N–H and O–H groups in total.